The van der Waals surface area contributed by atoms with Crippen molar-refractivity contribution in [1.82, 2.24) is 9.97 Å². The van der Waals surface area contributed by atoms with Crippen LogP contribution in [0.15, 0.2) is 24.3 Å². The van der Waals surface area contributed by atoms with Gasteiger partial charge in [0.2, 0.25) is 0 Å². The van der Waals surface area contributed by atoms with Gasteiger partial charge in [0.05, 0.1) is 5.69 Å². The fourth-order valence-electron chi connectivity index (χ4n) is 2.22. The van der Waals surface area contributed by atoms with E-state index in [1.165, 1.54) is 12.8 Å². The third-order valence-electron chi connectivity index (χ3n) is 3.47. The number of nitrogens with one attached hydrogen (secondary N) is 1. The van der Waals surface area contributed by atoms with E-state index in [1.54, 1.807) is 0 Å². The van der Waals surface area contributed by atoms with Gasteiger partial charge in [0.15, 0.2) is 0 Å². The molecule has 1 aromatic carbocycles. The van der Waals surface area contributed by atoms with Crippen molar-refractivity contribution < 1.29 is 0 Å². The van der Waals surface area contributed by atoms with E-state index in [1.807, 2.05) is 38.2 Å². The van der Waals surface area contributed by atoms with E-state index in [-0.39, 0.29) is 0 Å². The molecule has 1 aliphatic carbocycles. The lowest BCUT2D eigenvalue weighted by atomic mass is 10.1. The van der Waals surface area contributed by atoms with Gasteiger partial charge in [-0.25, -0.2) is 9.97 Å². The summed E-state index contributed by atoms with van der Waals surface area (Å²) in [5, 5.41) is 3.88. The van der Waals surface area contributed by atoms with Gasteiger partial charge >= 0.3 is 0 Å². The summed E-state index contributed by atoms with van der Waals surface area (Å²) in [7, 11) is 1.89. The van der Waals surface area contributed by atoms with Crippen molar-refractivity contribution in [2.45, 2.75) is 25.7 Å². The van der Waals surface area contributed by atoms with Crippen LogP contribution < -0.4 is 5.32 Å². The summed E-state index contributed by atoms with van der Waals surface area (Å²) in [5.41, 5.74) is 2.95. The minimum absolute atomic E-state index is 0.522. The van der Waals surface area contributed by atoms with Crippen LogP contribution in [0.1, 0.15) is 30.1 Å². The molecule has 0 spiro atoms. The lowest BCUT2D eigenvalue weighted by Gasteiger charge is -2.13. The summed E-state index contributed by atoms with van der Waals surface area (Å²) in [4.78, 5) is 9.34. The highest BCUT2D eigenvalue weighted by Gasteiger charge is 2.28. The van der Waals surface area contributed by atoms with Crippen LogP contribution in [0.2, 0.25) is 5.02 Å². The Morgan fingerprint density at radius 3 is 2.58 bits per heavy atom. The van der Waals surface area contributed by atoms with E-state index < -0.39 is 0 Å². The summed E-state index contributed by atoms with van der Waals surface area (Å²) < 4.78 is 0. The number of rotatable bonds is 3. The van der Waals surface area contributed by atoms with Crippen molar-refractivity contribution in [2.75, 3.05) is 12.4 Å². The predicted octanol–water partition coefficient (Wildman–Crippen LogP) is 4.02. The Morgan fingerprint density at radius 2 is 1.95 bits per heavy atom. The molecule has 1 fully saturated rings. The van der Waals surface area contributed by atoms with Gasteiger partial charge in [-0.15, -0.1) is 0 Å². The van der Waals surface area contributed by atoms with Crippen LogP contribution in [0.25, 0.3) is 11.3 Å². The van der Waals surface area contributed by atoms with Crippen molar-refractivity contribution in [3.63, 3.8) is 0 Å². The molecular weight excluding hydrogens is 258 g/mol. The molecule has 1 N–H and O–H groups in total. The van der Waals surface area contributed by atoms with E-state index in [2.05, 4.69) is 10.3 Å². The first-order chi connectivity index (χ1) is 9.20. The molecule has 98 valence electrons. The number of hydrogen-bond donors (Lipinski definition) is 1. The average Bonchev–Trinajstić information content (AvgIpc) is 3.24. The fourth-order valence-corrected chi connectivity index (χ4v) is 2.44. The Bertz CT molecular complexity index is 621. The fraction of sp³-hybridized carbons (Fsp3) is 0.333. The second-order valence-corrected chi connectivity index (χ2v) is 5.32. The van der Waals surface area contributed by atoms with Gasteiger partial charge in [-0.1, -0.05) is 29.8 Å². The van der Waals surface area contributed by atoms with E-state index >= 15 is 0 Å². The van der Waals surface area contributed by atoms with Gasteiger partial charge in [-0.05, 0) is 25.8 Å². The molecule has 1 saturated carbocycles. The molecule has 3 nitrogen and oxygen atoms in total. The van der Waals surface area contributed by atoms with Crippen LogP contribution in [0.4, 0.5) is 5.82 Å². The third kappa shape index (κ3) is 2.30. The third-order valence-corrected chi connectivity index (χ3v) is 3.80. The Kier molecular flexibility index (Phi) is 3.15. The standard InChI is InChI=1S/C15H16ClN3/c1-9-13(11-5-3-4-6-12(11)16)18-15(10-7-8-10)19-14(9)17-2/h3-6,10H,7-8H2,1-2H3,(H,17,18,19). The predicted molar refractivity (Wildman–Crippen MR) is 78.7 cm³/mol. The molecule has 4 heteroatoms. The zero-order valence-electron chi connectivity index (χ0n) is 11.1. The van der Waals surface area contributed by atoms with E-state index in [0.29, 0.717) is 5.92 Å². The van der Waals surface area contributed by atoms with Gasteiger partial charge in [0, 0.05) is 29.1 Å². The minimum atomic E-state index is 0.522. The molecule has 0 amide bonds. The lowest BCUT2D eigenvalue weighted by Crippen LogP contribution is -2.04. The molecule has 19 heavy (non-hydrogen) atoms. The van der Waals surface area contributed by atoms with Gasteiger partial charge in [-0.3, -0.25) is 0 Å². The second kappa shape index (κ2) is 4.82. The van der Waals surface area contributed by atoms with Crippen molar-refractivity contribution >= 4 is 17.4 Å². The van der Waals surface area contributed by atoms with Crippen LogP contribution in [-0.4, -0.2) is 17.0 Å². The lowest BCUT2D eigenvalue weighted by molar-refractivity contribution is 0.924. The summed E-state index contributed by atoms with van der Waals surface area (Å²) in [6.07, 6.45) is 2.38. The number of halogens is 1. The largest absolute Gasteiger partial charge is 0.373 e. The number of aromatic nitrogens is 2. The van der Waals surface area contributed by atoms with Crippen LogP contribution in [0, 0.1) is 6.92 Å². The van der Waals surface area contributed by atoms with Crippen molar-refractivity contribution in [3.8, 4) is 11.3 Å². The van der Waals surface area contributed by atoms with Gasteiger partial charge in [-0.2, -0.15) is 0 Å². The zero-order valence-corrected chi connectivity index (χ0v) is 11.8. The molecule has 0 atom stereocenters. The van der Waals surface area contributed by atoms with E-state index in [0.717, 1.165) is 33.5 Å². The molecule has 0 radical (unpaired) electrons. The summed E-state index contributed by atoms with van der Waals surface area (Å²) in [6, 6.07) is 7.82. The summed E-state index contributed by atoms with van der Waals surface area (Å²) in [6.45, 7) is 2.03. The Morgan fingerprint density at radius 1 is 1.21 bits per heavy atom. The molecule has 0 unspecified atom stereocenters. The molecule has 2 aromatic rings. The minimum Gasteiger partial charge on any atom is -0.373 e. The number of benzene rings is 1. The van der Waals surface area contributed by atoms with Gasteiger partial charge in [0.25, 0.3) is 0 Å². The van der Waals surface area contributed by atoms with Gasteiger partial charge < -0.3 is 5.32 Å². The maximum Gasteiger partial charge on any atom is 0.134 e. The average molecular weight is 274 g/mol. The van der Waals surface area contributed by atoms with Crippen LogP contribution >= 0.6 is 11.6 Å². The maximum atomic E-state index is 6.29. The highest BCUT2D eigenvalue weighted by Crippen LogP contribution is 2.40. The highest BCUT2D eigenvalue weighted by atomic mass is 35.5. The Hall–Kier alpha value is -1.61. The van der Waals surface area contributed by atoms with Crippen molar-refractivity contribution in [2.24, 2.45) is 0 Å². The maximum absolute atomic E-state index is 6.29. The first kappa shape index (κ1) is 12.4. The normalized spacial score (nSPS) is 14.5. The molecule has 1 aliphatic rings. The number of hydrogen-bond acceptors (Lipinski definition) is 3. The summed E-state index contributed by atoms with van der Waals surface area (Å²) in [5.74, 6) is 2.35. The monoisotopic (exact) mass is 273 g/mol. The molecule has 1 aromatic heterocycles. The van der Waals surface area contributed by atoms with Crippen LogP contribution in [0.5, 0.6) is 0 Å². The SMILES string of the molecule is CNc1nc(C2CC2)nc(-c2ccccc2Cl)c1C. The van der Waals surface area contributed by atoms with Crippen LogP contribution in [0.3, 0.4) is 0 Å². The van der Waals surface area contributed by atoms with Gasteiger partial charge in [0.1, 0.15) is 11.6 Å². The summed E-state index contributed by atoms with van der Waals surface area (Å²) >= 11 is 6.29. The van der Waals surface area contributed by atoms with Crippen molar-refractivity contribution in [3.05, 3.63) is 40.7 Å². The molecule has 0 saturated heterocycles. The molecular formula is C15H16ClN3. The highest BCUT2D eigenvalue weighted by molar-refractivity contribution is 6.33. The smallest absolute Gasteiger partial charge is 0.134 e. The first-order valence-electron chi connectivity index (χ1n) is 6.52. The van der Waals surface area contributed by atoms with E-state index in [9.17, 15) is 0 Å². The number of nitrogens with zero attached hydrogens (tertiary/aromatic N) is 2. The molecule has 0 bridgehead atoms. The Labute approximate surface area is 118 Å². The topological polar surface area (TPSA) is 37.8 Å². The Balaban J connectivity index is 2.19. The molecule has 3 rings (SSSR count). The van der Waals surface area contributed by atoms with E-state index in [4.69, 9.17) is 16.6 Å². The van der Waals surface area contributed by atoms with Crippen molar-refractivity contribution in [1.29, 1.82) is 0 Å². The van der Waals surface area contributed by atoms with Crippen LogP contribution in [-0.2, 0) is 0 Å². The quantitative estimate of drug-likeness (QED) is 0.918. The number of anilines is 1. The second-order valence-electron chi connectivity index (χ2n) is 4.91. The molecule has 1 heterocycles. The molecule has 0 aliphatic heterocycles. The zero-order chi connectivity index (χ0) is 13.4. The first-order valence-corrected chi connectivity index (χ1v) is 6.89.